The van der Waals surface area contributed by atoms with Gasteiger partial charge in [-0.15, -0.1) is 0 Å². The summed E-state index contributed by atoms with van der Waals surface area (Å²) in [6.07, 6.45) is 1.36. The molecule has 0 aliphatic heterocycles. The lowest BCUT2D eigenvalue weighted by molar-refractivity contribution is 0.600. The minimum atomic E-state index is -3.90. The third kappa shape index (κ3) is 2.89. The van der Waals surface area contributed by atoms with Crippen molar-refractivity contribution in [3.8, 4) is 6.07 Å². The molecule has 0 unspecified atom stereocenters. The van der Waals surface area contributed by atoms with E-state index in [2.05, 4.69) is 25.6 Å². The first-order chi connectivity index (χ1) is 9.44. The van der Waals surface area contributed by atoms with Gasteiger partial charge in [-0.25, -0.2) is 13.4 Å². The lowest BCUT2D eigenvalue weighted by atomic mass is 10.3. The summed E-state index contributed by atoms with van der Waals surface area (Å²) in [6, 6.07) is 9.19. The molecule has 0 aliphatic rings. The van der Waals surface area contributed by atoms with Gasteiger partial charge in [0, 0.05) is 16.4 Å². The average Bonchev–Trinajstić information content (AvgIpc) is 2.42. The van der Waals surface area contributed by atoms with Crippen LogP contribution in [0.4, 0.5) is 11.4 Å². The second-order valence-corrected chi connectivity index (χ2v) is 6.31. The van der Waals surface area contributed by atoms with Gasteiger partial charge in [0.2, 0.25) is 0 Å². The van der Waals surface area contributed by atoms with Gasteiger partial charge >= 0.3 is 0 Å². The molecule has 0 saturated carbocycles. The van der Waals surface area contributed by atoms with E-state index in [-0.39, 0.29) is 10.6 Å². The lowest BCUT2D eigenvalue weighted by Crippen LogP contribution is -2.15. The second kappa shape index (κ2) is 5.48. The summed E-state index contributed by atoms with van der Waals surface area (Å²) in [6.45, 7) is 0. The van der Waals surface area contributed by atoms with Crippen molar-refractivity contribution in [1.82, 2.24) is 4.98 Å². The van der Waals surface area contributed by atoms with Crippen LogP contribution in [0, 0.1) is 11.3 Å². The third-order valence-electron chi connectivity index (χ3n) is 2.40. The minimum Gasteiger partial charge on any atom is -0.399 e. The number of pyridine rings is 1. The van der Waals surface area contributed by atoms with Crippen LogP contribution in [0.3, 0.4) is 0 Å². The average molecular weight is 353 g/mol. The third-order valence-corrected chi connectivity index (χ3v) is 4.46. The van der Waals surface area contributed by atoms with Gasteiger partial charge in [-0.1, -0.05) is 0 Å². The zero-order chi connectivity index (χ0) is 14.8. The van der Waals surface area contributed by atoms with E-state index in [0.29, 0.717) is 15.8 Å². The molecule has 1 aromatic carbocycles. The van der Waals surface area contributed by atoms with Crippen LogP contribution in [0.25, 0.3) is 0 Å². The Morgan fingerprint density at radius 3 is 2.75 bits per heavy atom. The fraction of sp³-hybridized carbons (Fsp3) is 0. The molecule has 0 amide bonds. The maximum Gasteiger partial charge on any atom is 0.264 e. The van der Waals surface area contributed by atoms with Gasteiger partial charge in [-0.3, -0.25) is 4.72 Å². The van der Waals surface area contributed by atoms with Crippen LogP contribution in [0.5, 0.6) is 0 Å². The summed E-state index contributed by atoms with van der Waals surface area (Å²) in [4.78, 5) is 3.55. The standard InChI is InChI=1S/C12H9BrN4O2S/c13-9-6-8(15)3-4-10(9)17-20(18,19)12-2-1-5-16-11(12)7-14/h1-6,17H,15H2. The number of sulfonamides is 1. The lowest BCUT2D eigenvalue weighted by Gasteiger charge is -2.10. The van der Waals surface area contributed by atoms with Crippen LogP contribution in [0.15, 0.2) is 45.9 Å². The number of nitrogen functional groups attached to an aromatic ring is 1. The van der Waals surface area contributed by atoms with Gasteiger partial charge in [-0.2, -0.15) is 5.26 Å². The predicted octanol–water partition coefficient (Wildman–Crippen LogP) is 2.10. The maximum atomic E-state index is 12.3. The number of nitrogens with one attached hydrogen (secondary N) is 1. The zero-order valence-corrected chi connectivity index (χ0v) is 12.4. The van der Waals surface area contributed by atoms with E-state index in [0.717, 1.165) is 0 Å². The normalized spacial score (nSPS) is 10.8. The summed E-state index contributed by atoms with van der Waals surface area (Å²) >= 11 is 3.22. The summed E-state index contributed by atoms with van der Waals surface area (Å²) < 4.78 is 27.4. The molecule has 2 rings (SSSR count). The highest BCUT2D eigenvalue weighted by Gasteiger charge is 2.20. The number of halogens is 1. The van der Waals surface area contributed by atoms with Crippen molar-refractivity contribution in [3.63, 3.8) is 0 Å². The summed E-state index contributed by atoms with van der Waals surface area (Å²) in [5.41, 5.74) is 6.25. The molecule has 0 radical (unpaired) electrons. The molecule has 102 valence electrons. The van der Waals surface area contributed by atoms with Crippen molar-refractivity contribution in [1.29, 1.82) is 5.26 Å². The van der Waals surface area contributed by atoms with Crippen molar-refractivity contribution < 1.29 is 8.42 Å². The fourth-order valence-electron chi connectivity index (χ4n) is 1.51. The SMILES string of the molecule is N#Cc1ncccc1S(=O)(=O)Nc1ccc(N)cc1Br. The molecule has 20 heavy (non-hydrogen) atoms. The zero-order valence-electron chi connectivity index (χ0n) is 10.0. The van der Waals surface area contributed by atoms with E-state index in [1.807, 2.05) is 0 Å². The molecule has 0 fully saturated rings. The van der Waals surface area contributed by atoms with E-state index in [9.17, 15) is 8.42 Å². The van der Waals surface area contributed by atoms with Crippen molar-refractivity contribution in [2.24, 2.45) is 0 Å². The minimum absolute atomic E-state index is 0.161. The number of anilines is 2. The Labute approximate surface area is 124 Å². The van der Waals surface area contributed by atoms with Crippen LogP contribution in [-0.4, -0.2) is 13.4 Å². The van der Waals surface area contributed by atoms with Gasteiger partial charge in [0.15, 0.2) is 5.69 Å². The highest BCUT2D eigenvalue weighted by molar-refractivity contribution is 9.10. The summed E-state index contributed by atoms with van der Waals surface area (Å²) in [7, 11) is -3.90. The quantitative estimate of drug-likeness (QED) is 0.822. The summed E-state index contributed by atoms with van der Waals surface area (Å²) in [5, 5.41) is 8.91. The Hall–Kier alpha value is -2.11. The topological polar surface area (TPSA) is 109 Å². The Bertz CT molecular complexity index is 799. The highest BCUT2D eigenvalue weighted by Crippen LogP contribution is 2.27. The van der Waals surface area contributed by atoms with Crippen LogP contribution in [0.2, 0.25) is 0 Å². The summed E-state index contributed by atoms with van der Waals surface area (Å²) in [5.74, 6) is 0. The van der Waals surface area contributed by atoms with Crippen LogP contribution >= 0.6 is 15.9 Å². The molecule has 3 N–H and O–H groups in total. The molecule has 8 heteroatoms. The first-order valence-corrected chi connectivity index (χ1v) is 7.64. The molecule has 6 nitrogen and oxygen atoms in total. The number of nitrogens with two attached hydrogens (primary N) is 1. The monoisotopic (exact) mass is 352 g/mol. The number of rotatable bonds is 3. The number of nitriles is 1. The molecular weight excluding hydrogens is 344 g/mol. The first-order valence-electron chi connectivity index (χ1n) is 5.37. The number of hydrogen-bond acceptors (Lipinski definition) is 5. The van der Waals surface area contributed by atoms with Gasteiger partial charge in [0.1, 0.15) is 11.0 Å². The molecule has 1 heterocycles. The van der Waals surface area contributed by atoms with Crippen LogP contribution in [0.1, 0.15) is 5.69 Å². The molecule has 0 atom stereocenters. The van der Waals surface area contributed by atoms with E-state index >= 15 is 0 Å². The smallest absolute Gasteiger partial charge is 0.264 e. The maximum absolute atomic E-state index is 12.3. The Balaban J connectivity index is 2.44. The van der Waals surface area contributed by atoms with Crippen molar-refractivity contribution in [2.45, 2.75) is 4.90 Å². The number of hydrogen-bond donors (Lipinski definition) is 2. The number of benzene rings is 1. The predicted molar refractivity (Wildman–Crippen MR) is 78.3 cm³/mol. The van der Waals surface area contributed by atoms with Gasteiger partial charge in [-0.05, 0) is 46.3 Å². The molecule has 2 aromatic rings. The first kappa shape index (κ1) is 14.3. The van der Waals surface area contributed by atoms with E-state index < -0.39 is 10.0 Å². The van der Waals surface area contributed by atoms with Gasteiger partial charge in [0.25, 0.3) is 10.0 Å². The van der Waals surface area contributed by atoms with Gasteiger partial charge < -0.3 is 5.73 Å². The molecular formula is C12H9BrN4O2S. The van der Waals surface area contributed by atoms with Crippen LogP contribution < -0.4 is 10.5 Å². The highest BCUT2D eigenvalue weighted by atomic mass is 79.9. The fourth-order valence-corrected chi connectivity index (χ4v) is 3.32. The van der Waals surface area contributed by atoms with Crippen molar-refractivity contribution >= 4 is 37.3 Å². The number of aromatic nitrogens is 1. The Kier molecular flexibility index (Phi) is 3.92. The van der Waals surface area contributed by atoms with E-state index in [1.54, 1.807) is 18.2 Å². The van der Waals surface area contributed by atoms with Crippen molar-refractivity contribution in [3.05, 3.63) is 46.7 Å². The molecule has 1 aromatic heterocycles. The number of nitrogens with zero attached hydrogens (tertiary/aromatic N) is 2. The molecule has 0 spiro atoms. The second-order valence-electron chi connectivity index (χ2n) is 3.81. The molecule has 0 aliphatic carbocycles. The van der Waals surface area contributed by atoms with Crippen molar-refractivity contribution in [2.75, 3.05) is 10.5 Å². The Morgan fingerprint density at radius 1 is 1.35 bits per heavy atom. The molecule has 0 bridgehead atoms. The van der Waals surface area contributed by atoms with Gasteiger partial charge in [0.05, 0.1) is 5.69 Å². The van der Waals surface area contributed by atoms with E-state index in [1.165, 1.54) is 24.4 Å². The van der Waals surface area contributed by atoms with E-state index in [4.69, 9.17) is 11.0 Å². The molecule has 0 saturated heterocycles. The van der Waals surface area contributed by atoms with Crippen LogP contribution in [-0.2, 0) is 10.0 Å². The largest absolute Gasteiger partial charge is 0.399 e. The Morgan fingerprint density at radius 2 is 2.10 bits per heavy atom.